The summed E-state index contributed by atoms with van der Waals surface area (Å²) in [6, 6.07) is 39.3. The van der Waals surface area contributed by atoms with Crippen LogP contribution in [0, 0.1) is 0 Å². The summed E-state index contributed by atoms with van der Waals surface area (Å²) in [6.45, 7) is 0. The summed E-state index contributed by atoms with van der Waals surface area (Å²) in [4.78, 5) is 9.55. The fourth-order valence-electron chi connectivity index (χ4n) is 4.82. The van der Waals surface area contributed by atoms with Gasteiger partial charge in [0.25, 0.3) is 0 Å². The van der Waals surface area contributed by atoms with E-state index in [4.69, 9.17) is 9.97 Å². The third kappa shape index (κ3) is 3.96. The Morgan fingerprint density at radius 1 is 0.457 bits per heavy atom. The van der Waals surface area contributed by atoms with Crippen LogP contribution in [0.3, 0.4) is 0 Å². The number of aromatic nitrogens is 2. The SMILES string of the molecule is c1cc[c]([Sn]([c]2ccccc2)([c]2sccc2-c2ccccn2)[c]2sccc2-c2ccccn2)cc1. The van der Waals surface area contributed by atoms with Crippen LogP contribution >= 0.6 is 22.7 Å². The fraction of sp³-hybridized carbons (Fsp3) is 0. The number of benzene rings is 2. The molecule has 4 heterocycles. The first-order valence-corrected chi connectivity index (χ1v) is 19.0. The first-order chi connectivity index (χ1) is 17.4. The Morgan fingerprint density at radius 3 is 1.29 bits per heavy atom. The fourth-order valence-corrected chi connectivity index (χ4v) is 27.6. The Balaban J connectivity index is 1.75. The molecule has 2 aromatic carbocycles. The van der Waals surface area contributed by atoms with E-state index in [0.717, 1.165) is 11.4 Å². The molecule has 0 aliphatic heterocycles. The van der Waals surface area contributed by atoms with Crippen molar-refractivity contribution in [1.29, 1.82) is 0 Å². The van der Waals surface area contributed by atoms with Gasteiger partial charge in [0, 0.05) is 0 Å². The molecule has 6 aromatic rings. The van der Waals surface area contributed by atoms with E-state index in [9.17, 15) is 0 Å². The van der Waals surface area contributed by atoms with Gasteiger partial charge in [-0.1, -0.05) is 0 Å². The maximum atomic E-state index is 4.78. The van der Waals surface area contributed by atoms with Gasteiger partial charge >= 0.3 is 219 Å². The summed E-state index contributed by atoms with van der Waals surface area (Å²) in [7, 11) is 0. The van der Waals surface area contributed by atoms with Crippen LogP contribution < -0.4 is 12.9 Å². The summed E-state index contributed by atoms with van der Waals surface area (Å²) >= 11 is -0.0387. The van der Waals surface area contributed by atoms with Crippen molar-refractivity contribution < 1.29 is 0 Å². The minimum absolute atomic E-state index is 1.03. The molecule has 4 aromatic heterocycles. The third-order valence-corrected chi connectivity index (χ3v) is 26.2. The first-order valence-electron chi connectivity index (χ1n) is 11.5. The quantitative estimate of drug-likeness (QED) is 0.245. The second kappa shape index (κ2) is 9.90. The van der Waals surface area contributed by atoms with Crippen molar-refractivity contribution in [3.05, 3.63) is 132 Å². The van der Waals surface area contributed by atoms with E-state index < -0.39 is 18.4 Å². The molecule has 0 saturated heterocycles. The molecule has 0 aliphatic carbocycles. The van der Waals surface area contributed by atoms with E-state index in [1.165, 1.54) is 24.1 Å². The van der Waals surface area contributed by atoms with Crippen LogP contribution in [0.15, 0.2) is 132 Å². The van der Waals surface area contributed by atoms with Gasteiger partial charge in [-0.15, -0.1) is 0 Å². The van der Waals surface area contributed by atoms with E-state index in [1.807, 2.05) is 47.2 Å². The zero-order valence-electron chi connectivity index (χ0n) is 18.9. The number of nitrogens with zero attached hydrogens (tertiary/aromatic N) is 2. The molecule has 0 atom stereocenters. The minimum atomic E-state index is -3.80. The molecule has 6 rings (SSSR count). The molecular weight excluding hydrogens is 571 g/mol. The second-order valence-corrected chi connectivity index (χ2v) is 22.6. The molecular formula is C30H22N2S2Sn. The van der Waals surface area contributed by atoms with Gasteiger partial charge in [-0.3, -0.25) is 0 Å². The molecule has 0 aliphatic rings. The molecule has 0 unspecified atom stereocenters. The Kier molecular flexibility index (Phi) is 6.33. The number of hydrogen-bond acceptors (Lipinski definition) is 4. The molecule has 0 radical (unpaired) electrons. The van der Waals surface area contributed by atoms with Gasteiger partial charge in [-0.05, 0) is 0 Å². The van der Waals surface area contributed by atoms with Crippen LogP contribution in [0.5, 0.6) is 0 Å². The monoisotopic (exact) mass is 594 g/mol. The Bertz CT molecular complexity index is 1410. The van der Waals surface area contributed by atoms with Crippen molar-refractivity contribution >= 4 is 54.0 Å². The summed E-state index contributed by atoms with van der Waals surface area (Å²) in [5, 5.41) is 4.48. The van der Waals surface area contributed by atoms with Crippen LogP contribution in [0.25, 0.3) is 22.5 Å². The van der Waals surface area contributed by atoms with Crippen LogP contribution in [0.4, 0.5) is 0 Å². The van der Waals surface area contributed by atoms with Crippen molar-refractivity contribution in [3.63, 3.8) is 0 Å². The number of thiophene rings is 2. The molecule has 35 heavy (non-hydrogen) atoms. The first kappa shape index (κ1) is 22.4. The van der Waals surface area contributed by atoms with Gasteiger partial charge in [-0.2, -0.15) is 0 Å². The standard InChI is InChI=1S/2C9H6NS.2C6H5.Sn/c2*1-2-5-10-9(3-1)8-4-6-11-7-8;2*1-2-4-6-5-3-1;/h2*1-6H;2*1-5H;. The summed E-state index contributed by atoms with van der Waals surface area (Å²) in [5.41, 5.74) is 4.57. The predicted octanol–water partition coefficient (Wildman–Crippen LogP) is 5.31. The molecule has 0 N–H and O–H groups in total. The summed E-state index contributed by atoms with van der Waals surface area (Å²) in [5.74, 6) is 0. The average molecular weight is 593 g/mol. The molecule has 168 valence electrons. The van der Waals surface area contributed by atoms with Crippen LogP contribution in [0.2, 0.25) is 0 Å². The van der Waals surface area contributed by atoms with Gasteiger partial charge in [0.2, 0.25) is 0 Å². The molecule has 0 fully saturated rings. The van der Waals surface area contributed by atoms with Gasteiger partial charge in [0.1, 0.15) is 0 Å². The van der Waals surface area contributed by atoms with Crippen molar-refractivity contribution in [1.82, 2.24) is 9.97 Å². The van der Waals surface area contributed by atoms with Crippen molar-refractivity contribution in [2.75, 3.05) is 0 Å². The summed E-state index contributed by atoms with van der Waals surface area (Å²) < 4.78 is 5.81. The molecule has 0 saturated carbocycles. The topological polar surface area (TPSA) is 25.8 Å². The van der Waals surface area contributed by atoms with E-state index in [2.05, 4.69) is 108 Å². The number of rotatable bonds is 6. The van der Waals surface area contributed by atoms with Crippen LogP contribution in [0.1, 0.15) is 0 Å². The molecule has 0 bridgehead atoms. The van der Waals surface area contributed by atoms with Gasteiger partial charge in [0.05, 0.1) is 0 Å². The third-order valence-electron chi connectivity index (χ3n) is 6.31. The summed E-state index contributed by atoms with van der Waals surface area (Å²) in [6.07, 6.45) is 3.78. The van der Waals surface area contributed by atoms with Gasteiger partial charge in [0.15, 0.2) is 0 Å². The zero-order chi connectivity index (χ0) is 23.5. The van der Waals surface area contributed by atoms with Gasteiger partial charge < -0.3 is 0 Å². The van der Waals surface area contributed by atoms with E-state index in [-0.39, 0.29) is 0 Å². The van der Waals surface area contributed by atoms with Crippen molar-refractivity contribution in [2.45, 2.75) is 0 Å². The Hall–Kier alpha value is -3.06. The van der Waals surface area contributed by atoms with Crippen molar-refractivity contribution in [2.24, 2.45) is 0 Å². The normalized spacial score (nSPS) is 11.4. The zero-order valence-corrected chi connectivity index (χ0v) is 23.4. The predicted molar refractivity (Wildman–Crippen MR) is 152 cm³/mol. The van der Waals surface area contributed by atoms with Crippen LogP contribution in [-0.2, 0) is 0 Å². The molecule has 0 amide bonds. The number of hydrogen-bond donors (Lipinski definition) is 0. The molecule has 5 heteroatoms. The van der Waals surface area contributed by atoms with E-state index in [1.54, 1.807) is 0 Å². The Morgan fingerprint density at radius 2 is 0.886 bits per heavy atom. The van der Waals surface area contributed by atoms with Crippen LogP contribution in [-0.4, -0.2) is 28.3 Å². The molecule has 0 spiro atoms. The van der Waals surface area contributed by atoms with E-state index in [0.29, 0.717) is 0 Å². The second-order valence-electron chi connectivity index (χ2n) is 8.24. The van der Waals surface area contributed by atoms with Gasteiger partial charge in [-0.25, -0.2) is 0 Å². The maximum absolute atomic E-state index is 4.78. The number of pyridine rings is 2. The molecule has 2 nitrogen and oxygen atoms in total. The Labute approximate surface area is 217 Å². The average Bonchev–Trinajstić information content (AvgIpc) is 3.63. The van der Waals surface area contributed by atoms with Crippen molar-refractivity contribution in [3.8, 4) is 22.5 Å². The van der Waals surface area contributed by atoms with E-state index >= 15 is 0 Å².